The molecule has 0 saturated carbocycles. The molecule has 0 bridgehead atoms. The van der Waals surface area contributed by atoms with Crippen LogP contribution in [0, 0.1) is 12.3 Å². The fourth-order valence-electron chi connectivity index (χ4n) is 4.20. The van der Waals surface area contributed by atoms with Crippen molar-refractivity contribution in [1.29, 1.82) is 0 Å². The number of aromatic amines is 1. The normalized spacial score (nSPS) is 25.2. The van der Waals surface area contributed by atoms with Crippen molar-refractivity contribution >= 4 is 22.8 Å². The maximum Gasteiger partial charge on any atom is 0.251 e. The molecule has 24 heavy (non-hydrogen) atoms. The van der Waals surface area contributed by atoms with E-state index < -0.39 is 6.10 Å². The van der Waals surface area contributed by atoms with Gasteiger partial charge in [-0.3, -0.25) is 9.78 Å². The van der Waals surface area contributed by atoms with Crippen LogP contribution in [0.5, 0.6) is 0 Å². The van der Waals surface area contributed by atoms with E-state index in [1.807, 2.05) is 4.90 Å². The molecule has 126 valence electrons. The molecular weight excluding hydrogens is 306 g/mol. The van der Waals surface area contributed by atoms with E-state index in [1.54, 1.807) is 13.3 Å². The Morgan fingerprint density at radius 2 is 2.17 bits per heavy atom. The van der Waals surface area contributed by atoms with E-state index in [0.29, 0.717) is 0 Å². The van der Waals surface area contributed by atoms with Gasteiger partial charge in [-0.15, -0.1) is 0 Å². The number of carbonyl (C=O) groups is 1. The summed E-state index contributed by atoms with van der Waals surface area (Å²) in [6, 6.07) is 3.05. The van der Waals surface area contributed by atoms with Crippen molar-refractivity contribution in [2.24, 2.45) is 0 Å². The third kappa shape index (κ3) is 2.29. The Balaban J connectivity index is 1.66. The molecule has 2 atom stereocenters. The Labute approximate surface area is 140 Å². The van der Waals surface area contributed by atoms with E-state index in [9.17, 15) is 9.90 Å². The first-order valence-corrected chi connectivity index (χ1v) is 8.47. The zero-order valence-electron chi connectivity index (χ0n) is 13.7. The van der Waals surface area contributed by atoms with Crippen molar-refractivity contribution in [3.63, 3.8) is 0 Å². The van der Waals surface area contributed by atoms with Crippen LogP contribution >= 0.6 is 0 Å². The summed E-state index contributed by atoms with van der Waals surface area (Å²) in [6.45, 7) is 3.90. The first-order valence-electron chi connectivity index (χ1n) is 8.47. The molecule has 0 aliphatic carbocycles. The highest BCUT2D eigenvalue weighted by Gasteiger charge is 2.47. The lowest BCUT2D eigenvalue weighted by atomic mass is 9.86. The summed E-state index contributed by atoms with van der Waals surface area (Å²) in [5.41, 5.74) is 0.520. The molecule has 7 heteroatoms. The number of piperidine rings is 1. The van der Waals surface area contributed by atoms with Crippen LogP contribution in [0.25, 0.3) is 11.0 Å². The number of fused-ring (bicyclic) bond motifs is 1. The van der Waals surface area contributed by atoms with E-state index in [-0.39, 0.29) is 11.4 Å². The highest BCUT2D eigenvalue weighted by atomic mass is 16.3. The lowest BCUT2D eigenvalue weighted by Crippen LogP contribution is -2.59. The molecule has 1 amide bonds. The van der Waals surface area contributed by atoms with Crippen LogP contribution in [0.15, 0.2) is 6.33 Å². The van der Waals surface area contributed by atoms with Gasteiger partial charge in [-0.25, -0.2) is 9.97 Å². The van der Waals surface area contributed by atoms with E-state index in [0.717, 1.165) is 62.2 Å². The summed E-state index contributed by atoms with van der Waals surface area (Å²) in [4.78, 5) is 28.2. The molecule has 2 saturated heterocycles. The van der Waals surface area contributed by atoms with Crippen LogP contribution < -0.4 is 4.90 Å². The van der Waals surface area contributed by atoms with Gasteiger partial charge in [0.25, 0.3) is 5.91 Å². The molecule has 0 aromatic carbocycles. The number of rotatable bonds is 2. The quantitative estimate of drug-likeness (QED) is 0.856. The molecule has 7 nitrogen and oxygen atoms in total. The molecule has 2 aliphatic heterocycles. The Morgan fingerprint density at radius 1 is 1.38 bits per heavy atom. The third-order valence-electron chi connectivity index (χ3n) is 5.27. The molecule has 2 N–H and O–H groups in total. The summed E-state index contributed by atoms with van der Waals surface area (Å²) < 4.78 is 0. The van der Waals surface area contributed by atoms with Gasteiger partial charge in [0.05, 0.1) is 5.54 Å². The number of aromatic nitrogens is 3. The summed E-state index contributed by atoms with van der Waals surface area (Å²) in [5, 5.41) is 10.6. The van der Waals surface area contributed by atoms with E-state index in [2.05, 4.69) is 32.1 Å². The van der Waals surface area contributed by atoms with Crippen LogP contribution in [0.1, 0.15) is 32.6 Å². The largest absolute Gasteiger partial charge is 0.384 e. The minimum atomic E-state index is -0.950. The fraction of sp³-hybridized carbons (Fsp3) is 0.588. The molecule has 2 fully saturated rings. The Bertz CT molecular complexity index is 758. The molecule has 4 rings (SSSR count). The second-order valence-electron chi connectivity index (χ2n) is 6.81. The smallest absolute Gasteiger partial charge is 0.251 e. The van der Waals surface area contributed by atoms with Crippen molar-refractivity contribution < 1.29 is 9.90 Å². The first kappa shape index (κ1) is 15.2. The van der Waals surface area contributed by atoms with Crippen LogP contribution in [-0.2, 0) is 4.79 Å². The summed E-state index contributed by atoms with van der Waals surface area (Å²) >= 11 is 0. The van der Waals surface area contributed by atoms with Gasteiger partial charge in [-0.1, -0.05) is 0 Å². The van der Waals surface area contributed by atoms with E-state index in [1.165, 1.54) is 0 Å². The predicted octanol–water partition coefficient (Wildman–Crippen LogP) is 0.900. The van der Waals surface area contributed by atoms with Crippen molar-refractivity contribution in [3.05, 3.63) is 18.6 Å². The Hall–Kier alpha value is -2.33. The van der Waals surface area contributed by atoms with Gasteiger partial charge in [0, 0.05) is 25.8 Å². The number of H-pyrrole nitrogens is 1. The first-order chi connectivity index (χ1) is 11.6. The number of hydrogen-bond donors (Lipinski definition) is 2. The highest BCUT2D eigenvalue weighted by Crippen LogP contribution is 2.39. The van der Waals surface area contributed by atoms with Crippen molar-refractivity contribution in [3.8, 4) is 0 Å². The van der Waals surface area contributed by atoms with E-state index >= 15 is 0 Å². The number of aliphatic hydroxyl groups is 1. The monoisotopic (exact) mass is 327 g/mol. The van der Waals surface area contributed by atoms with Crippen LogP contribution in [-0.4, -0.2) is 62.1 Å². The molecule has 0 radical (unpaired) electrons. The number of anilines is 1. The molecule has 2 aromatic heterocycles. The SMILES string of the molecule is C[C@H](O)C(=O)N1CCCC12CCCN(c1ncnc3[nH]c#cc13)C2. The molecule has 2 aromatic rings. The summed E-state index contributed by atoms with van der Waals surface area (Å²) in [6.07, 6.45) is 7.35. The minimum Gasteiger partial charge on any atom is -0.384 e. The molecule has 1 unspecified atom stereocenters. The number of hydrogen-bond acceptors (Lipinski definition) is 5. The number of nitrogens with one attached hydrogen (secondary N) is 1. The van der Waals surface area contributed by atoms with Crippen molar-refractivity contribution in [2.45, 2.75) is 44.2 Å². The standard InChI is InChI=1S/C17H21N5O2/c1-12(23)16(24)22-9-3-6-17(22)5-2-8-21(10-17)15-13-4-7-18-14(13)19-11-20-15/h11-12,23H,2-3,5-6,8-10H2,1H3,(H,18,19,20)/t12-,17?/m0/s1. The van der Waals surface area contributed by atoms with Gasteiger partial charge >= 0.3 is 0 Å². The highest BCUT2D eigenvalue weighted by molar-refractivity contribution is 5.86. The summed E-state index contributed by atoms with van der Waals surface area (Å²) in [7, 11) is 0. The Morgan fingerprint density at radius 3 is 2.96 bits per heavy atom. The fourth-order valence-corrected chi connectivity index (χ4v) is 4.20. The van der Waals surface area contributed by atoms with Gasteiger partial charge in [0.15, 0.2) is 5.65 Å². The second-order valence-corrected chi connectivity index (χ2v) is 6.81. The van der Waals surface area contributed by atoms with Crippen molar-refractivity contribution in [1.82, 2.24) is 19.9 Å². The van der Waals surface area contributed by atoms with Gasteiger partial charge in [0.2, 0.25) is 0 Å². The molecule has 2 aliphatic rings. The van der Waals surface area contributed by atoms with Crippen LogP contribution in [0.4, 0.5) is 5.82 Å². The average Bonchev–Trinajstić information content (AvgIpc) is 3.21. The molecule has 1 spiro atoms. The average molecular weight is 327 g/mol. The zero-order chi connectivity index (χ0) is 16.7. The number of likely N-dealkylation sites (tertiary alicyclic amines) is 1. The van der Waals surface area contributed by atoms with Gasteiger partial charge < -0.3 is 14.9 Å². The number of amides is 1. The number of aliphatic hydroxyl groups excluding tert-OH is 1. The lowest BCUT2D eigenvalue weighted by molar-refractivity contribution is -0.143. The predicted molar refractivity (Wildman–Crippen MR) is 88.4 cm³/mol. The van der Waals surface area contributed by atoms with Crippen molar-refractivity contribution in [2.75, 3.05) is 24.5 Å². The van der Waals surface area contributed by atoms with Crippen LogP contribution in [0.2, 0.25) is 0 Å². The van der Waals surface area contributed by atoms with Crippen LogP contribution in [0.3, 0.4) is 0 Å². The number of nitrogens with zero attached hydrogens (tertiary/aromatic N) is 4. The van der Waals surface area contributed by atoms with Gasteiger partial charge in [0.1, 0.15) is 23.6 Å². The lowest BCUT2D eigenvalue weighted by Gasteiger charge is -2.46. The molecular formula is C17H21N5O2. The van der Waals surface area contributed by atoms with Gasteiger partial charge in [-0.05, 0) is 38.7 Å². The minimum absolute atomic E-state index is 0.163. The number of carbonyl (C=O) groups excluding carboxylic acids is 1. The Kier molecular flexibility index (Phi) is 3.57. The molecule has 4 heterocycles. The van der Waals surface area contributed by atoms with Gasteiger partial charge in [-0.2, -0.15) is 0 Å². The topological polar surface area (TPSA) is 85.3 Å². The summed E-state index contributed by atoms with van der Waals surface area (Å²) in [5.74, 6) is 0.677. The zero-order valence-corrected chi connectivity index (χ0v) is 13.7. The maximum atomic E-state index is 12.4. The second kappa shape index (κ2) is 5.64. The third-order valence-corrected chi connectivity index (χ3v) is 5.27. The van der Waals surface area contributed by atoms with E-state index in [4.69, 9.17) is 0 Å². The maximum absolute atomic E-state index is 12.4.